The van der Waals surface area contributed by atoms with Crippen molar-refractivity contribution in [2.24, 2.45) is 0 Å². The molecule has 7 heteroatoms. The van der Waals surface area contributed by atoms with E-state index in [2.05, 4.69) is 26.8 Å². The average Bonchev–Trinajstić information content (AvgIpc) is 2.81. The summed E-state index contributed by atoms with van der Waals surface area (Å²) < 4.78 is 12.0. The van der Waals surface area contributed by atoms with Gasteiger partial charge in [-0.25, -0.2) is 0 Å². The highest BCUT2D eigenvalue weighted by Gasteiger charge is 2.11. The Bertz CT molecular complexity index is 1020. The van der Waals surface area contributed by atoms with Crippen LogP contribution >= 0.6 is 15.9 Å². The molecule has 6 nitrogen and oxygen atoms in total. The highest BCUT2D eigenvalue weighted by Crippen LogP contribution is 2.26. The molecular formula is C24H23BrN2O4. The minimum atomic E-state index is -0.432. The van der Waals surface area contributed by atoms with Crippen molar-refractivity contribution < 1.29 is 19.1 Å². The zero-order valence-electron chi connectivity index (χ0n) is 17.1. The summed E-state index contributed by atoms with van der Waals surface area (Å²) in [4.78, 5) is 24.6. The quantitative estimate of drug-likeness (QED) is 0.448. The molecule has 0 unspecified atom stereocenters. The number of halogens is 1. The molecule has 0 spiro atoms. The second-order valence-electron chi connectivity index (χ2n) is 6.70. The third-order valence-electron chi connectivity index (χ3n) is 4.31. The maximum atomic E-state index is 12.3. The van der Waals surface area contributed by atoms with Crippen LogP contribution in [0.15, 0.2) is 77.3 Å². The van der Waals surface area contributed by atoms with Crippen LogP contribution in [0.1, 0.15) is 39.6 Å². The fraction of sp³-hybridized carbons (Fsp3) is 0.167. The molecule has 0 fully saturated rings. The summed E-state index contributed by atoms with van der Waals surface area (Å²) in [5, 5.41) is 0. The second kappa shape index (κ2) is 11.2. The van der Waals surface area contributed by atoms with Crippen LogP contribution in [0.5, 0.6) is 11.5 Å². The number of nitrogens with one attached hydrogen (secondary N) is 2. The average molecular weight is 483 g/mol. The monoisotopic (exact) mass is 482 g/mol. The van der Waals surface area contributed by atoms with Gasteiger partial charge in [-0.3, -0.25) is 20.4 Å². The number of carbonyl (C=O) groups is 2. The third kappa shape index (κ3) is 6.58. The van der Waals surface area contributed by atoms with E-state index in [1.54, 1.807) is 42.5 Å². The van der Waals surface area contributed by atoms with Gasteiger partial charge in [0.05, 0.1) is 11.1 Å². The van der Waals surface area contributed by atoms with E-state index in [0.29, 0.717) is 40.3 Å². The highest BCUT2D eigenvalue weighted by atomic mass is 79.9. The number of hydrogen-bond donors (Lipinski definition) is 2. The van der Waals surface area contributed by atoms with Crippen molar-refractivity contribution >= 4 is 27.7 Å². The van der Waals surface area contributed by atoms with Crippen molar-refractivity contribution in [2.45, 2.75) is 20.0 Å². The van der Waals surface area contributed by atoms with Crippen LogP contribution in [-0.2, 0) is 6.61 Å². The summed E-state index contributed by atoms with van der Waals surface area (Å²) in [6.07, 6.45) is 0.890. The minimum absolute atomic E-state index is 0.390. The maximum Gasteiger partial charge on any atom is 0.269 e. The molecule has 0 bridgehead atoms. The predicted molar refractivity (Wildman–Crippen MR) is 122 cm³/mol. The van der Waals surface area contributed by atoms with Crippen LogP contribution in [-0.4, -0.2) is 18.4 Å². The number of hydrogen-bond acceptors (Lipinski definition) is 4. The molecule has 0 radical (unpaired) electrons. The van der Waals surface area contributed by atoms with Gasteiger partial charge in [0.15, 0.2) is 0 Å². The lowest BCUT2D eigenvalue weighted by atomic mass is 10.2. The molecule has 0 saturated heterocycles. The molecule has 2 N–H and O–H groups in total. The van der Waals surface area contributed by atoms with Crippen LogP contribution in [0.3, 0.4) is 0 Å². The largest absolute Gasteiger partial charge is 0.492 e. The first-order valence-electron chi connectivity index (χ1n) is 9.86. The van der Waals surface area contributed by atoms with Crippen molar-refractivity contribution in [1.82, 2.24) is 10.9 Å². The van der Waals surface area contributed by atoms with Crippen molar-refractivity contribution in [1.29, 1.82) is 0 Å². The predicted octanol–water partition coefficient (Wildman–Crippen LogP) is 4.89. The number of benzene rings is 3. The molecule has 2 amide bonds. The fourth-order valence-corrected chi connectivity index (χ4v) is 3.17. The first kappa shape index (κ1) is 22.4. The topological polar surface area (TPSA) is 76.7 Å². The molecular weight excluding hydrogens is 460 g/mol. The molecule has 0 heterocycles. The van der Waals surface area contributed by atoms with Gasteiger partial charge in [0.1, 0.15) is 18.1 Å². The molecule has 0 atom stereocenters. The minimum Gasteiger partial charge on any atom is -0.492 e. The van der Waals surface area contributed by atoms with Gasteiger partial charge < -0.3 is 9.47 Å². The van der Waals surface area contributed by atoms with Crippen molar-refractivity contribution in [3.05, 3.63) is 94.0 Å². The molecule has 3 aromatic carbocycles. The van der Waals surface area contributed by atoms with E-state index in [1.165, 1.54) is 0 Å². The van der Waals surface area contributed by atoms with E-state index in [4.69, 9.17) is 9.47 Å². The van der Waals surface area contributed by atoms with Crippen LogP contribution < -0.4 is 20.3 Å². The second-order valence-corrected chi connectivity index (χ2v) is 7.55. The van der Waals surface area contributed by atoms with E-state index >= 15 is 0 Å². The zero-order valence-corrected chi connectivity index (χ0v) is 18.6. The standard InChI is InChI=1S/C24H23BrN2O4/c1-2-14-30-22-13-10-19(15-21(22)25)24(29)27-26-23(28)18-8-11-20(12-9-18)31-16-17-6-4-3-5-7-17/h3-13,15H,2,14,16H2,1H3,(H,26,28)(H,27,29). The van der Waals surface area contributed by atoms with E-state index in [9.17, 15) is 9.59 Å². The van der Waals surface area contributed by atoms with Gasteiger partial charge in [-0.05, 0) is 70.4 Å². The van der Waals surface area contributed by atoms with E-state index in [0.717, 1.165) is 12.0 Å². The number of hydrazine groups is 1. The number of carbonyl (C=O) groups excluding carboxylic acids is 2. The van der Waals surface area contributed by atoms with Crippen molar-refractivity contribution in [3.63, 3.8) is 0 Å². The Labute approximate surface area is 189 Å². The number of amides is 2. The van der Waals surface area contributed by atoms with Gasteiger partial charge in [-0.15, -0.1) is 0 Å². The first-order valence-corrected chi connectivity index (χ1v) is 10.7. The van der Waals surface area contributed by atoms with E-state index in [1.807, 2.05) is 37.3 Å². The summed E-state index contributed by atoms with van der Waals surface area (Å²) in [6, 6.07) is 21.5. The Morgan fingerprint density at radius 2 is 1.48 bits per heavy atom. The third-order valence-corrected chi connectivity index (χ3v) is 4.93. The molecule has 0 aliphatic heterocycles. The van der Waals surface area contributed by atoms with Gasteiger partial charge in [0.2, 0.25) is 0 Å². The summed E-state index contributed by atoms with van der Waals surface area (Å²) in [5.41, 5.74) is 6.68. The van der Waals surface area contributed by atoms with Crippen LogP contribution in [0.2, 0.25) is 0 Å². The van der Waals surface area contributed by atoms with Crippen LogP contribution in [0.4, 0.5) is 0 Å². The lowest BCUT2D eigenvalue weighted by Gasteiger charge is -2.11. The molecule has 160 valence electrons. The first-order chi connectivity index (χ1) is 15.1. The maximum absolute atomic E-state index is 12.3. The van der Waals surface area contributed by atoms with Gasteiger partial charge >= 0.3 is 0 Å². The van der Waals surface area contributed by atoms with Crippen molar-refractivity contribution in [3.8, 4) is 11.5 Å². The molecule has 0 aliphatic rings. The summed E-state index contributed by atoms with van der Waals surface area (Å²) in [5.74, 6) is 0.459. The fourth-order valence-electron chi connectivity index (χ4n) is 2.67. The van der Waals surface area contributed by atoms with E-state index < -0.39 is 11.8 Å². The van der Waals surface area contributed by atoms with Crippen molar-refractivity contribution in [2.75, 3.05) is 6.61 Å². The molecule has 3 rings (SSSR count). The van der Waals surface area contributed by atoms with Gasteiger partial charge in [-0.2, -0.15) is 0 Å². The SMILES string of the molecule is CCCOc1ccc(C(=O)NNC(=O)c2ccc(OCc3ccccc3)cc2)cc1Br. The summed E-state index contributed by atoms with van der Waals surface area (Å²) in [7, 11) is 0. The van der Waals surface area contributed by atoms with Gasteiger partial charge in [0, 0.05) is 11.1 Å². The molecule has 0 saturated carbocycles. The molecule has 3 aromatic rings. The van der Waals surface area contributed by atoms with Gasteiger partial charge in [-0.1, -0.05) is 37.3 Å². The molecule has 31 heavy (non-hydrogen) atoms. The summed E-state index contributed by atoms with van der Waals surface area (Å²) in [6.45, 7) is 3.06. The lowest BCUT2D eigenvalue weighted by Crippen LogP contribution is -2.41. The zero-order chi connectivity index (χ0) is 22.1. The number of rotatable bonds is 8. The molecule has 0 aliphatic carbocycles. The Kier molecular flexibility index (Phi) is 8.06. The van der Waals surface area contributed by atoms with Crippen LogP contribution in [0, 0.1) is 0 Å². The Balaban J connectivity index is 1.50. The highest BCUT2D eigenvalue weighted by molar-refractivity contribution is 9.10. The smallest absolute Gasteiger partial charge is 0.269 e. The summed E-state index contributed by atoms with van der Waals surface area (Å²) >= 11 is 3.39. The molecule has 0 aromatic heterocycles. The Morgan fingerprint density at radius 3 is 2.13 bits per heavy atom. The van der Waals surface area contributed by atoms with E-state index in [-0.39, 0.29) is 0 Å². The lowest BCUT2D eigenvalue weighted by molar-refractivity contribution is 0.0846. The van der Waals surface area contributed by atoms with Crippen LogP contribution in [0.25, 0.3) is 0 Å². The normalized spacial score (nSPS) is 10.3. The Morgan fingerprint density at radius 1 is 0.839 bits per heavy atom. The number of ether oxygens (including phenoxy) is 2. The Hall–Kier alpha value is -3.32. The van der Waals surface area contributed by atoms with Gasteiger partial charge in [0.25, 0.3) is 11.8 Å².